The first-order valence-corrected chi connectivity index (χ1v) is 20.9. The van der Waals surface area contributed by atoms with Gasteiger partial charge in [0, 0.05) is 5.92 Å². The average molecular weight is 785 g/mol. The third kappa shape index (κ3) is 5.70. The molecule has 3 saturated heterocycles. The van der Waals surface area contributed by atoms with Crippen molar-refractivity contribution >= 4 is 0 Å². The molecule has 2 spiro atoms. The molecule has 5 saturated carbocycles. The van der Waals surface area contributed by atoms with Gasteiger partial charge >= 0.3 is 0 Å². The Morgan fingerprint density at radius 3 is 2.05 bits per heavy atom. The molecular formula is C41H68O14. The molecule has 8 rings (SSSR count). The van der Waals surface area contributed by atoms with Gasteiger partial charge in [-0.15, -0.1) is 0 Å². The van der Waals surface area contributed by atoms with Gasteiger partial charge in [0.05, 0.1) is 48.8 Å². The molecule has 0 radical (unpaired) electrons. The van der Waals surface area contributed by atoms with Gasteiger partial charge < -0.3 is 69.6 Å². The van der Waals surface area contributed by atoms with Crippen LogP contribution in [0.3, 0.4) is 0 Å². The molecule has 55 heavy (non-hydrogen) atoms. The van der Waals surface area contributed by atoms with Crippen molar-refractivity contribution in [3.63, 3.8) is 0 Å². The SMILES string of the molecule is CC(C)(O)[C@@H]1CC[C@](C)(C2[C@@H](O)C[C@@]3(C)[C@@H]4C[C@H](OC5O[C@H](CO)[C@@H](O)[C@H](O)[C@H]5O)[C@H]5C(C)(C)[C@@H](OC6OC[C@@H](O)[C@H](O)[C@H]6O)CC[C@@]56C[C@@]46CC[C@]23C)O1. The summed E-state index contributed by atoms with van der Waals surface area (Å²) in [6, 6.07) is 0. The Balaban J connectivity index is 1.15. The highest BCUT2D eigenvalue weighted by Crippen LogP contribution is 2.89. The third-order valence-electron chi connectivity index (χ3n) is 17.6. The fraction of sp³-hybridized carbons (Fsp3) is 1.00. The number of aliphatic hydroxyl groups is 9. The third-order valence-corrected chi connectivity index (χ3v) is 17.6. The molecule has 21 atom stereocenters. The van der Waals surface area contributed by atoms with E-state index in [4.69, 9.17) is 23.7 Å². The van der Waals surface area contributed by atoms with Crippen LogP contribution in [0.2, 0.25) is 0 Å². The first-order valence-electron chi connectivity index (χ1n) is 20.9. The number of fused-ring (bicyclic) bond motifs is 2. The van der Waals surface area contributed by atoms with Crippen LogP contribution in [0.25, 0.3) is 0 Å². The van der Waals surface area contributed by atoms with Gasteiger partial charge in [0.25, 0.3) is 0 Å². The van der Waals surface area contributed by atoms with Gasteiger partial charge in [-0.1, -0.05) is 27.7 Å². The van der Waals surface area contributed by atoms with Crippen LogP contribution in [0.5, 0.6) is 0 Å². The zero-order chi connectivity index (χ0) is 40.1. The number of aliphatic hydroxyl groups excluding tert-OH is 8. The molecule has 0 amide bonds. The second kappa shape index (κ2) is 13.2. The molecular weight excluding hydrogens is 716 g/mol. The maximum Gasteiger partial charge on any atom is 0.186 e. The van der Waals surface area contributed by atoms with Crippen LogP contribution in [0.4, 0.5) is 0 Å². The van der Waals surface area contributed by atoms with E-state index in [-0.39, 0.29) is 52.1 Å². The van der Waals surface area contributed by atoms with Crippen LogP contribution in [0.15, 0.2) is 0 Å². The summed E-state index contributed by atoms with van der Waals surface area (Å²) in [5.74, 6) is -0.215. The van der Waals surface area contributed by atoms with Gasteiger partial charge in [0.2, 0.25) is 0 Å². The summed E-state index contributed by atoms with van der Waals surface area (Å²) in [4.78, 5) is 0. The van der Waals surface area contributed by atoms with Gasteiger partial charge in [0.1, 0.15) is 42.7 Å². The first-order chi connectivity index (χ1) is 25.5. The largest absolute Gasteiger partial charge is 0.394 e. The predicted octanol–water partition coefficient (Wildman–Crippen LogP) is 0.724. The molecule has 0 aromatic rings. The molecule has 3 aliphatic heterocycles. The van der Waals surface area contributed by atoms with Gasteiger partial charge in [-0.25, -0.2) is 0 Å². The molecule has 0 bridgehead atoms. The molecule has 14 nitrogen and oxygen atoms in total. The molecule has 8 aliphatic rings. The van der Waals surface area contributed by atoms with Crippen molar-refractivity contribution in [2.24, 2.45) is 44.8 Å². The maximum absolute atomic E-state index is 12.2. The lowest BCUT2D eigenvalue weighted by Gasteiger charge is -2.65. The van der Waals surface area contributed by atoms with Gasteiger partial charge in [-0.3, -0.25) is 0 Å². The summed E-state index contributed by atoms with van der Waals surface area (Å²) in [5, 5.41) is 97.2. The summed E-state index contributed by atoms with van der Waals surface area (Å²) in [6.07, 6.45) is -7.48. The van der Waals surface area contributed by atoms with E-state index in [0.29, 0.717) is 25.7 Å². The van der Waals surface area contributed by atoms with E-state index in [1.54, 1.807) is 13.8 Å². The number of ether oxygens (including phenoxy) is 5. The van der Waals surface area contributed by atoms with E-state index in [9.17, 15) is 46.0 Å². The maximum atomic E-state index is 12.2. The Hall–Kier alpha value is -0.560. The Morgan fingerprint density at radius 1 is 0.709 bits per heavy atom. The molecule has 0 aromatic carbocycles. The fourth-order valence-electron chi connectivity index (χ4n) is 14.9. The first kappa shape index (κ1) is 41.2. The van der Waals surface area contributed by atoms with Crippen LogP contribution < -0.4 is 0 Å². The lowest BCUT2D eigenvalue weighted by Crippen LogP contribution is -2.65. The van der Waals surface area contributed by atoms with Crippen molar-refractivity contribution in [1.82, 2.24) is 0 Å². The zero-order valence-electron chi connectivity index (χ0n) is 33.6. The molecule has 8 fully saturated rings. The lowest BCUT2D eigenvalue weighted by atomic mass is 9.41. The highest BCUT2D eigenvalue weighted by atomic mass is 16.7. The fourth-order valence-corrected chi connectivity index (χ4v) is 14.9. The molecule has 316 valence electrons. The molecule has 14 heteroatoms. The standard InChI is InChI=1S/C41H68O14/c1-35(2)24(54-33-29(48)26(45)20(44)17-51-33)9-11-41-18-40(41)13-12-37(5)31(39(7)10-8-25(55-39)36(3,4)50)19(43)15-38(37,6)23(40)14-21(32(35)41)52-34-30(49)28(47)27(46)22(16-42)53-34/h19-34,42-50H,8-18H2,1-7H3/t19-,20+,21-,22+,23-,24-,25-,26-,27+,28-,29+,30+,31?,32-,33?,34?,37+,38-,39+,40-,41+/m0/s1. The van der Waals surface area contributed by atoms with Crippen molar-refractivity contribution in [3.8, 4) is 0 Å². The molecule has 5 aliphatic carbocycles. The van der Waals surface area contributed by atoms with Crippen LogP contribution >= 0.6 is 0 Å². The van der Waals surface area contributed by atoms with E-state index in [2.05, 4.69) is 34.6 Å². The minimum Gasteiger partial charge on any atom is -0.394 e. The highest BCUT2D eigenvalue weighted by Gasteiger charge is 2.85. The summed E-state index contributed by atoms with van der Waals surface area (Å²) >= 11 is 0. The average Bonchev–Trinajstić information content (AvgIpc) is 3.47. The van der Waals surface area contributed by atoms with E-state index >= 15 is 0 Å². The number of hydrogen-bond donors (Lipinski definition) is 9. The van der Waals surface area contributed by atoms with Crippen molar-refractivity contribution in [2.75, 3.05) is 13.2 Å². The lowest BCUT2D eigenvalue weighted by molar-refractivity contribution is -0.339. The topological polar surface area (TPSA) is 228 Å². The molecule has 9 N–H and O–H groups in total. The van der Waals surface area contributed by atoms with E-state index in [1.165, 1.54) is 0 Å². The smallest absolute Gasteiger partial charge is 0.186 e. The Labute approximate surface area is 324 Å². The Morgan fingerprint density at radius 2 is 1.40 bits per heavy atom. The predicted molar refractivity (Wildman–Crippen MR) is 194 cm³/mol. The highest BCUT2D eigenvalue weighted by molar-refractivity contribution is 5.33. The molecule has 3 heterocycles. The van der Waals surface area contributed by atoms with Crippen LogP contribution in [-0.4, -0.2) is 150 Å². The van der Waals surface area contributed by atoms with Crippen molar-refractivity contribution in [2.45, 2.75) is 197 Å². The van der Waals surface area contributed by atoms with Crippen molar-refractivity contribution in [1.29, 1.82) is 0 Å². The van der Waals surface area contributed by atoms with Crippen LogP contribution in [0.1, 0.15) is 106 Å². The number of rotatable bonds is 7. The van der Waals surface area contributed by atoms with E-state index in [0.717, 1.165) is 32.1 Å². The minimum absolute atomic E-state index is 0.0633. The Bertz CT molecular complexity index is 1460. The summed E-state index contributed by atoms with van der Waals surface area (Å²) < 4.78 is 31.9. The minimum atomic E-state index is -1.60. The van der Waals surface area contributed by atoms with Crippen LogP contribution in [0, 0.1) is 44.8 Å². The second-order valence-corrected chi connectivity index (χ2v) is 21.1. The second-order valence-electron chi connectivity index (χ2n) is 21.1. The zero-order valence-corrected chi connectivity index (χ0v) is 33.6. The van der Waals surface area contributed by atoms with Crippen LogP contribution in [-0.2, 0) is 23.7 Å². The van der Waals surface area contributed by atoms with Crippen molar-refractivity contribution < 1.29 is 69.6 Å². The molecule has 0 aromatic heterocycles. The quantitative estimate of drug-likeness (QED) is 0.162. The van der Waals surface area contributed by atoms with E-state index in [1.807, 2.05) is 0 Å². The summed E-state index contributed by atoms with van der Waals surface area (Å²) in [6.45, 7) is 13.8. The normalized spacial score (nSPS) is 58.7. The van der Waals surface area contributed by atoms with Crippen molar-refractivity contribution in [3.05, 3.63) is 0 Å². The Kier molecular flexibility index (Phi) is 9.90. The van der Waals surface area contributed by atoms with Gasteiger partial charge in [-0.2, -0.15) is 0 Å². The summed E-state index contributed by atoms with van der Waals surface area (Å²) in [7, 11) is 0. The number of hydrogen-bond acceptors (Lipinski definition) is 14. The van der Waals surface area contributed by atoms with Gasteiger partial charge in [-0.05, 0) is 117 Å². The summed E-state index contributed by atoms with van der Waals surface area (Å²) in [5.41, 5.74) is -3.16. The monoisotopic (exact) mass is 784 g/mol. The van der Waals surface area contributed by atoms with E-state index < -0.39 is 96.8 Å². The molecule has 3 unspecified atom stereocenters. The van der Waals surface area contributed by atoms with Gasteiger partial charge in [0.15, 0.2) is 12.6 Å².